The molecule has 0 amide bonds. The number of aryl methyl sites for hydroxylation is 1. The molecule has 8 nitrogen and oxygen atoms in total. The zero-order chi connectivity index (χ0) is 28.9. The molecule has 2 heterocycles. The number of para-hydroxylation sites is 1. The lowest BCUT2D eigenvalue weighted by Crippen LogP contribution is -2.56. The normalized spacial score (nSPS) is 17.0. The molecule has 214 valence electrons. The van der Waals surface area contributed by atoms with E-state index in [1.54, 1.807) is 12.4 Å². The summed E-state index contributed by atoms with van der Waals surface area (Å²) in [5.41, 5.74) is 22.2. The molecule has 40 heavy (non-hydrogen) atoms. The minimum atomic E-state index is 0.228. The fourth-order valence-corrected chi connectivity index (χ4v) is 4.79. The molecule has 1 saturated heterocycles. The summed E-state index contributed by atoms with van der Waals surface area (Å²) in [4.78, 5) is 11.1. The van der Waals surface area contributed by atoms with Gasteiger partial charge in [0.2, 0.25) is 0 Å². The van der Waals surface area contributed by atoms with Crippen molar-refractivity contribution in [2.45, 2.75) is 58.7 Å². The van der Waals surface area contributed by atoms with Crippen LogP contribution in [0.2, 0.25) is 0 Å². The molecule has 0 radical (unpaired) electrons. The SMILES string of the molecule is CC.CCC1CN(C(/C=C(\N)c2ccccc2OCc2ccccc2)=C(N)N)CC(CCc2ncc(Br)cn2)N1. The number of nitrogens with two attached hydrogens (primary N) is 3. The maximum atomic E-state index is 6.63. The van der Waals surface area contributed by atoms with Crippen molar-refractivity contribution >= 4 is 21.6 Å². The summed E-state index contributed by atoms with van der Waals surface area (Å²) in [6.45, 7) is 8.16. The monoisotopic (exact) mass is 607 g/mol. The van der Waals surface area contributed by atoms with Crippen molar-refractivity contribution < 1.29 is 4.74 Å². The molecule has 1 aliphatic rings. The van der Waals surface area contributed by atoms with Crippen molar-refractivity contribution in [1.29, 1.82) is 0 Å². The summed E-state index contributed by atoms with van der Waals surface area (Å²) < 4.78 is 7.00. The smallest absolute Gasteiger partial charge is 0.129 e. The Morgan fingerprint density at radius 2 is 1.65 bits per heavy atom. The molecule has 0 spiro atoms. The second kappa shape index (κ2) is 15.9. The largest absolute Gasteiger partial charge is 0.488 e. The Morgan fingerprint density at radius 1 is 1.00 bits per heavy atom. The Bertz CT molecular complexity index is 1240. The van der Waals surface area contributed by atoms with Crippen molar-refractivity contribution in [3.05, 3.63) is 106 Å². The Hall–Kier alpha value is -3.56. The number of benzene rings is 2. The molecule has 2 aromatic carbocycles. The Labute approximate surface area is 246 Å². The lowest BCUT2D eigenvalue weighted by Gasteiger charge is -2.41. The van der Waals surface area contributed by atoms with Crippen LogP contribution in [0.5, 0.6) is 5.75 Å². The van der Waals surface area contributed by atoms with E-state index in [9.17, 15) is 0 Å². The Balaban J connectivity index is 0.00000216. The van der Waals surface area contributed by atoms with Gasteiger partial charge < -0.3 is 32.2 Å². The summed E-state index contributed by atoms with van der Waals surface area (Å²) >= 11 is 3.39. The summed E-state index contributed by atoms with van der Waals surface area (Å²) in [7, 11) is 0. The molecule has 7 N–H and O–H groups in total. The van der Waals surface area contributed by atoms with E-state index in [4.69, 9.17) is 21.9 Å². The van der Waals surface area contributed by atoms with E-state index < -0.39 is 0 Å². The van der Waals surface area contributed by atoms with Gasteiger partial charge in [0.25, 0.3) is 0 Å². The average molecular weight is 609 g/mol. The third-order valence-electron chi connectivity index (χ3n) is 6.60. The number of piperazine rings is 1. The van der Waals surface area contributed by atoms with Gasteiger partial charge in [0, 0.05) is 55.2 Å². The summed E-state index contributed by atoms with van der Waals surface area (Å²) in [5.74, 6) is 1.77. The van der Waals surface area contributed by atoms with Crippen LogP contribution in [0.1, 0.15) is 50.6 Å². The maximum Gasteiger partial charge on any atom is 0.129 e. The molecular formula is C31H42BrN7O. The van der Waals surface area contributed by atoms with Gasteiger partial charge in [-0.25, -0.2) is 9.97 Å². The highest BCUT2D eigenvalue weighted by atomic mass is 79.9. The number of allylic oxidation sites excluding steroid dienone is 1. The maximum absolute atomic E-state index is 6.63. The lowest BCUT2D eigenvalue weighted by atomic mass is 10.0. The second-order valence-electron chi connectivity index (χ2n) is 9.44. The van der Waals surface area contributed by atoms with Gasteiger partial charge in [0.1, 0.15) is 24.0 Å². The van der Waals surface area contributed by atoms with Crippen LogP contribution in [0.25, 0.3) is 5.70 Å². The lowest BCUT2D eigenvalue weighted by molar-refractivity contribution is 0.191. The standard InChI is InChI=1S/C29H36BrN7O.C2H6/c1-2-22-17-37(18-23(36-22)12-13-28-34-15-21(30)16-35-28)26(29(32)33)14-25(31)24-10-6-7-11-27(24)38-19-20-8-4-3-5-9-20;1-2/h3-11,14-16,22-23,36H,2,12-13,17-19,31-33H2,1H3;1-2H3/b25-14-;. The van der Waals surface area contributed by atoms with E-state index in [-0.39, 0.29) is 11.9 Å². The van der Waals surface area contributed by atoms with Crippen molar-refractivity contribution in [2.24, 2.45) is 17.2 Å². The predicted octanol–water partition coefficient (Wildman–Crippen LogP) is 4.92. The van der Waals surface area contributed by atoms with Crippen LogP contribution in [0, 0.1) is 0 Å². The molecule has 2 atom stereocenters. The van der Waals surface area contributed by atoms with Crippen LogP contribution in [-0.2, 0) is 13.0 Å². The van der Waals surface area contributed by atoms with E-state index in [1.165, 1.54) is 0 Å². The van der Waals surface area contributed by atoms with Crippen molar-refractivity contribution in [1.82, 2.24) is 20.2 Å². The summed E-state index contributed by atoms with van der Waals surface area (Å²) in [5, 5.41) is 3.75. The zero-order valence-corrected chi connectivity index (χ0v) is 25.3. The first-order valence-electron chi connectivity index (χ1n) is 13.9. The molecule has 1 fully saturated rings. The number of aromatic nitrogens is 2. The molecule has 0 saturated carbocycles. The molecule has 0 bridgehead atoms. The third-order valence-corrected chi connectivity index (χ3v) is 7.01. The summed E-state index contributed by atoms with van der Waals surface area (Å²) in [6.07, 6.45) is 8.07. The highest BCUT2D eigenvalue weighted by molar-refractivity contribution is 9.10. The molecule has 1 aromatic heterocycles. The average Bonchev–Trinajstić information content (AvgIpc) is 2.99. The Morgan fingerprint density at radius 3 is 2.33 bits per heavy atom. The summed E-state index contributed by atoms with van der Waals surface area (Å²) in [6, 6.07) is 18.3. The minimum Gasteiger partial charge on any atom is -0.488 e. The second-order valence-corrected chi connectivity index (χ2v) is 10.4. The fraction of sp³-hybridized carbons (Fsp3) is 0.355. The van der Waals surface area contributed by atoms with Crippen LogP contribution in [0.3, 0.4) is 0 Å². The van der Waals surface area contributed by atoms with Crippen LogP contribution in [0.4, 0.5) is 0 Å². The van der Waals surface area contributed by atoms with Gasteiger partial charge in [-0.2, -0.15) is 0 Å². The van der Waals surface area contributed by atoms with E-state index in [0.717, 1.165) is 59.5 Å². The van der Waals surface area contributed by atoms with Gasteiger partial charge in [-0.15, -0.1) is 0 Å². The zero-order valence-electron chi connectivity index (χ0n) is 23.7. The molecule has 3 aromatic rings. The van der Waals surface area contributed by atoms with Crippen molar-refractivity contribution in [3.8, 4) is 5.75 Å². The van der Waals surface area contributed by atoms with Gasteiger partial charge in [0.15, 0.2) is 0 Å². The number of nitrogens with one attached hydrogen (secondary N) is 1. The van der Waals surface area contributed by atoms with Gasteiger partial charge in [-0.3, -0.25) is 0 Å². The van der Waals surface area contributed by atoms with Crippen LogP contribution in [0.15, 0.2) is 89.1 Å². The van der Waals surface area contributed by atoms with Crippen LogP contribution < -0.4 is 27.3 Å². The van der Waals surface area contributed by atoms with Crippen molar-refractivity contribution in [2.75, 3.05) is 13.1 Å². The fourth-order valence-electron chi connectivity index (χ4n) is 4.58. The number of rotatable bonds is 10. The number of hydrogen-bond donors (Lipinski definition) is 4. The Kier molecular flexibility index (Phi) is 12.3. The van der Waals surface area contributed by atoms with Crippen LogP contribution in [-0.4, -0.2) is 40.0 Å². The van der Waals surface area contributed by atoms with Gasteiger partial charge in [-0.1, -0.05) is 63.2 Å². The number of hydrogen-bond acceptors (Lipinski definition) is 8. The predicted molar refractivity (Wildman–Crippen MR) is 167 cm³/mol. The van der Waals surface area contributed by atoms with Gasteiger partial charge in [0.05, 0.1) is 10.2 Å². The third kappa shape index (κ3) is 8.99. The number of halogens is 1. The quantitative estimate of drug-likeness (QED) is 0.239. The minimum absolute atomic E-state index is 0.228. The molecule has 1 aliphatic heterocycles. The van der Waals surface area contributed by atoms with Crippen LogP contribution >= 0.6 is 15.9 Å². The highest BCUT2D eigenvalue weighted by Crippen LogP contribution is 2.26. The number of ether oxygens (including phenoxy) is 1. The highest BCUT2D eigenvalue weighted by Gasteiger charge is 2.27. The van der Waals surface area contributed by atoms with E-state index in [0.29, 0.717) is 24.1 Å². The number of nitrogens with zero attached hydrogens (tertiary/aromatic N) is 3. The van der Waals surface area contributed by atoms with E-state index >= 15 is 0 Å². The van der Waals surface area contributed by atoms with E-state index in [1.807, 2.05) is 74.5 Å². The molecule has 0 aliphatic carbocycles. The van der Waals surface area contributed by atoms with E-state index in [2.05, 4.69) is 43.0 Å². The molecule has 2 unspecified atom stereocenters. The van der Waals surface area contributed by atoms with Crippen molar-refractivity contribution in [3.63, 3.8) is 0 Å². The van der Waals surface area contributed by atoms with Gasteiger partial charge in [-0.05, 0) is 52.5 Å². The topological polar surface area (TPSA) is 128 Å². The first kappa shape index (κ1) is 31.0. The first-order chi connectivity index (χ1) is 19.4. The molecule has 4 rings (SSSR count). The molecular weight excluding hydrogens is 566 g/mol. The van der Waals surface area contributed by atoms with Gasteiger partial charge >= 0.3 is 0 Å². The molecule has 9 heteroatoms. The first-order valence-corrected chi connectivity index (χ1v) is 14.7.